The van der Waals surface area contributed by atoms with Crippen molar-refractivity contribution >= 4 is 11.0 Å². The predicted molar refractivity (Wildman–Crippen MR) is 172 cm³/mol. The zero-order chi connectivity index (χ0) is 31.6. The van der Waals surface area contributed by atoms with Gasteiger partial charge in [-0.25, -0.2) is 14.4 Å². The number of halogens is 1. The van der Waals surface area contributed by atoms with Crippen LogP contribution in [0.2, 0.25) is 0 Å². The lowest BCUT2D eigenvalue weighted by atomic mass is 9.87. The molecule has 2 N–H and O–H groups in total. The van der Waals surface area contributed by atoms with Crippen molar-refractivity contribution in [1.29, 1.82) is 0 Å². The maximum atomic E-state index is 15.5. The number of H-pyrrole nitrogens is 1. The SMILES string of the molecule is Cn1c(CC2CCCCC2)ncc(-c2ccc(Oc3ccnc4n[nH]c(-c5ccc(C(O)N6CCOCC6)cc5)c34)c(F)c2)c1=O. The molecule has 10 nitrogen and oxygen atoms in total. The summed E-state index contributed by atoms with van der Waals surface area (Å²) in [7, 11) is 1.74. The normalized spacial score (nSPS) is 16.9. The molecule has 0 spiro atoms. The van der Waals surface area contributed by atoms with E-state index in [2.05, 4.69) is 20.2 Å². The van der Waals surface area contributed by atoms with Crippen LogP contribution in [0.25, 0.3) is 33.4 Å². The first kappa shape index (κ1) is 30.2. The summed E-state index contributed by atoms with van der Waals surface area (Å²) in [6.07, 6.45) is 9.24. The molecule has 0 bridgehead atoms. The van der Waals surface area contributed by atoms with Crippen LogP contribution >= 0.6 is 0 Å². The molecule has 4 heterocycles. The average Bonchev–Trinajstić information content (AvgIpc) is 3.54. The summed E-state index contributed by atoms with van der Waals surface area (Å²) in [4.78, 5) is 24.2. The standard InChI is InChI=1S/C35H37FN6O4/c1-41-30(19-22-5-3-2-4-6-22)38-21-26(35(41)44)25-11-12-28(27(36)20-25)46-29-13-14-37-33-31(29)32(39-40-33)23-7-9-24(10-8-23)34(43)42-15-17-45-18-16-42/h7-14,20-22,34,43H,2-6,15-19H2,1H3,(H,37,39,40). The van der Waals surface area contributed by atoms with Gasteiger partial charge in [-0.3, -0.25) is 19.4 Å². The van der Waals surface area contributed by atoms with E-state index >= 15 is 4.39 Å². The summed E-state index contributed by atoms with van der Waals surface area (Å²) in [6, 6.07) is 13.7. The highest BCUT2D eigenvalue weighted by Gasteiger charge is 2.22. The van der Waals surface area contributed by atoms with Gasteiger partial charge in [-0.1, -0.05) is 62.4 Å². The van der Waals surface area contributed by atoms with Crippen LogP contribution in [0, 0.1) is 11.7 Å². The molecule has 5 aromatic rings. The fraction of sp³-hybridized carbons (Fsp3) is 0.371. The Hall–Kier alpha value is -4.45. The number of hydrogen-bond acceptors (Lipinski definition) is 8. The Labute approximate surface area is 265 Å². The van der Waals surface area contributed by atoms with Gasteiger partial charge in [0.1, 0.15) is 17.8 Å². The van der Waals surface area contributed by atoms with E-state index in [1.54, 1.807) is 36.1 Å². The summed E-state index contributed by atoms with van der Waals surface area (Å²) in [5, 5.41) is 18.8. The monoisotopic (exact) mass is 624 g/mol. The molecule has 1 aliphatic heterocycles. The van der Waals surface area contributed by atoms with Crippen molar-refractivity contribution in [2.75, 3.05) is 26.3 Å². The largest absolute Gasteiger partial charge is 0.453 e. The van der Waals surface area contributed by atoms with Crippen molar-refractivity contribution in [1.82, 2.24) is 29.6 Å². The molecule has 1 saturated heterocycles. The minimum Gasteiger partial charge on any atom is -0.453 e. The first-order valence-corrected chi connectivity index (χ1v) is 15.9. The molecule has 2 aliphatic rings. The predicted octanol–water partition coefficient (Wildman–Crippen LogP) is 5.76. The van der Waals surface area contributed by atoms with E-state index in [1.807, 2.05) is 29.2 Å². The Morgan fingerprint density at radius 1 is 1.02 bits per heavy atom. The Kier molecular flexibility index (Phi) is 8.61. The lowest BCUT2D eigenvalue weighted by Gasteiger charge is -2.31. The van der Waals surface area contributed by atoms with Gasteiger partial charge in [0.05, 0.1) is 29.9 Å². The van der Waals surface area contributed by atoms with Crippen LogP contribution in [0.4, 0.5) is 4.39 Å². The second-order valence-electron chi connectivity index (χ2n) is 12.2. The number of morpholine rings is 1. The van der Waals surface area contributed by atoms with Crippen molar-refractivity contribution in [3.05, 3.63) is 88.5 Å². The molecule has 238 valence electrons. The van der Waals surface area contributed by atoms with Gasteiger partial charge in [-0.15, -0.1) is 0 Å². The third kappa shape index (κ3) is 6.05. The highest BCUT2D eigenvalue weighted by molar-refractivity contribution is 5.95. The minimum atomic E-state index is -0.724. The van der Waals surface area contributed by atoms with Crippen LogP contribution in [0.3, 0.4) is 0 Å². The number of aromatic nitrogens is 5. The second kappa shape index (κ2) is 13.1. The Balaban J connectivity index is 1.12. The van der Waals surface area contributed by atoms with Gasteiger partial charge >= 0.3 is 0 Å². The number of aromatic amines is 1. The van der Waals surface area contributed by atoms with E-state index in [0.29, 0.717) is 65.8 Å². The molecule has 1 aliphatic carbocycles. The van der Waals surface area contributed by atoms with Gasteiger partial charge in [0.15, 0.2) is 17.2 Å². The second-order valence-corrected chi connectivity index (χ2v) is 12.2. The third-order valence-electron chi connectivity index (χ3n) is 9.23. The van der Waals surface area contributed by atoms with E-state index in [0.717, 1.165) is 23.4 Å². The average molecular weight is 625 g/mol. The van der Waals surface area contributed by atoms with Crippen LogP contribution in [0.15, 0.2) is 65.7 Å². The van der Waals surface area contributed by atoms with Crippen molar-refractivity contribution in [3.8, 4) is 33.9 Å². The Bertz CT molecular complexity index is 1890. The molecule has 7 rings (SSSR count). The highest BCUT2D eigenvalue weighted by atomic mass is 19.1. The zero-order valence-corrected chi connectivity index (χ0v) is 25.8. The summed E-state index contributed by atoms with van der Waals surface area (Å²) in [5.74, 6) is 1.09. The van der Waals surface area contributed by atoms with E-state index in [-0.39, 0.29) is 11.3 Å². The van der Waals surface area contributed by atoms with Gasteiger partial charge in [0, 0.05) is 44.5 Å². The summed E-state index contributed by atoms with van der Waals surface area (Å²) in [5.41, 5.74) is 3.24. The maximum Gasteiger partial charge on any atom is 0.261 e. The number of rotatable bonds is 8. The lowest BCUT2D eigenvalue weighted by Crippen LogP contribution is -2.38. The highest BCUT2D eigenvalue weighted by Crippen LogP contribution is 2.37. The molecule has 46 heavy (non-hydrogen) atoms. The van der Waals surface area contributed by atoms with Gasteiger partial charge in [0.2, 0.25) is 0 Å². The third-order valence-corrected chi connectivity index (χ3v) is 9.23. The molecular formula is C35H37FN6O4. The minimum absolute atomic E-state index is 0.00563. The smallest absolute Gasteiger partial charge is 0.261 e. The van der Waals surface area contributed by atoms with Crippen molar-refractivity contribution < 1.29 is 19.0 Å². The maximum absolute atomic E-state index is 15.5. The molecule has 1 atom stereocenters. The molecule has 1 saturated carbocycles. The number of benzene rings is 2. The molecule has 2 aromatic carbocycles. The van der Waals surface area contributed by atoms with E-state index in [1.165, 1.54) is 44.2 Å². The molecular weight excluding hydrogens is 587 g/mol. The molecule has 0 amide bonds. The van der Waals surface area contributed by atoms with Crippen LogP contribution in [0.5, 0.6) is 11.5 Å². The number of nitrogens with one attached hydrogen (secondary N) is 1. The number of pyridine rings is 1. The summed E-state index contributed by atoms with van der Waals surface area (Å²) >= 11 is 0. The summed E-state index contributed by atoms with van der Waals surface area (Å²) < 4.78 is 28.6. The number of nitrogens with zero attached hydrogens (tertiary/aromatic N) is 5. The van der Waals surface area contributed by atoms with Gasteiger partial charge in [-0.05, 0) is 35.2 Å². The Morgan fingerprint density at radius 2 is 1.78 bits per heavy atom. The first-order valence-electron chi connectivity index (χ1n) is 15.9. The molecule has 1 unspecified atom stereocenters. The quantitative estimate of drug-likeness (QED) is 0.224. The number of fused-ring (bicyclic) bond motifs is 1. The van der Waals surface area contributed by atoms with Crippen LogP contribution in [-0.2, 0) is 18.2 Å². The summed E-state index contributed by atoms with van der Waals surface area (Å²) in [6.45, 7) is 2.52. The van der Waals surface area contributed by atoms with E-state index < -0.39 is 12.0 Å². The number of ether oxygens (including phenoxy) is 2. The van der Waals surface area contributed by atoms with Crippen molar-refractivity contribution in [2.24, 2.45) is 13.0 Å². The molecule has 3 aromatic heterocycles. The molecule has 2 fully saturated rings. The molecule has 11 heteroatoms. The van der Waals surface area contributed by atoms with Crippen LogP contribution in [0.1, 0.15) is 49.7 Å². The van der Waals surface area contributed by atoms with E-state index in [4.69, 9.17) is 9.47 Å². The van der Waals surface area contributed by atoms with Crippen molar-refractivity contribution in [3.63, 3.8) is 0 Å². The first-order chi connectivity index (χ1) is 22.5. The van der Waals surface area contributed by atoms with Crippen LogP contribution < -0.4 is 10.3 Å². The lowest BCUT2D eigenvalue weighted by molar-refractivity contribution is -0.0603. The van der Waals surface area contributed by atoms with Gasteiger partial charge in [-0.2, -0.15) is 5.10 Å². The van der Waals surface area contributed by atoms with E-state index in [9.17, 15) is 9.90 Å². The topological polar surface area (TPSA) is 118 Å². The fourth-order valence-corrected chi connectivity index (χ4v) is 6.55. The van der Waals surface area contributed by atoms with Crippen molar-refractivity contribution in [2.45, 2.75) is 44.8 Å². The van der Waals surface area contributed by atoms with Gasteiger partial charge in [0.25, 0.3) is 5.56 Å². The Morgan fingerprint density at radius 3 is 2.54 bits per heavy atom. The molecule has 0 radical (unpaired) electrons. The number of aliphatic hydroxyl groups is 1. The number of aliphatic hydroxyl groups excluding tert-OH is 1. The fourth-order valence-electron chi connectivity index (χ4n) is 6.55. The number of hydrogen-bond donors (Lipinski definition) is 2. The van der Waals surface area contributed by atoms with Crippen LogP contribution in [-0.4, -0.2) is 61.0 Å². The zero-order valence-electron chi connectivity index (χ0n) is 25.8. The van der Waals surface area contributed by atoms with Gasteiger partial charge < -0.3 is 14.6 Å².